The summed E-state index contributed by atoms with van der Waals surface area (Å²) in [6.07, 6.45) is 3.83. The number of carbonyl (C=O) groups excluding carboxylic acids is 3. The molecule has 2 heterocycles. The van der Waals surface area contributed by atoms with E-state index in [1.807, 2.05) is 24.3 Å². The molecule has 2 saturated heterocycles. The normalized spacial score (nSPS) is 21.7. The molecular weight excluding hydrogens is 358 g/mol. The van der Waals surface area contributed by atoms with Gasteiger partial charge < -0.3 is 14.5 Å². The number of hydrogen-bond acceptors (Lipinski definition) is 5. The van der Waals surface area contributed by atoms with Crippen LogP contribution in [0.25, 0.3) is 0 Å². The van der Waals surface area contributed by atoms with Crippen molar-refractivity contribution in [2.24, 2.45) is 5.41 Å². The Labute approximate surface area is 165 Å². The van der Waals surface area contributed by atoms with Crippen LogP contribution in [0.15, 0.2) is 24.3 Å². The maximum Gasteiger partial charge on any atom is 0.242 e. The smallest absolute Gasteiger partial charge is 0.242 e. The van der Waals surface area contributed by atoms with Crippen LogP contribution in [0.5, 0.6) is 5.75 Å². The van der Waals surface area contributed by atoms with E-state index >= 15 is 0 Å². The molecule has 28 heavy (non-hydrogen) atoms. The Morgan fingerprint density at radius 1 is 1.04 bits per heavy atom. The topological polar surface area (TPSA) is 70.2 Å². The minimum Gasteiger partial charge on any atom is -0.497 e. The van der Waals surface area contributed by atoms with Gasteiger partial charge in [-0.1, -0.05) is 12.8 Å². The lowest BCUT2D eigenvalue weighted by Gasteiger charge is -2.36. The molecular formula is C21H27N3O4. The van der Waals surface area contributed by atoms with Gasteiger partial charge in [-0.15, -0.1) is 0 Å². The van der Waals surface area contributed by atoms with Gasteiger partial charge in [-0.05, 0) is 37.1 Å². The Balaban J connectivity index is 1.33. The van der Waals surface area contributed by atoms with Crippen molar-refractivity contribution in [1.82, 2.24) is 9.80 Å². The van der Waals surface area contributed by atoms with E-state index in [0.29, 0.717) is 13.1 Å². The molecule has 3 aliphatic rings. The number of benzene rings is 1. The van der Waals surface area contributed by atoms with Crippen LogP contribution >= 0.6 is 0 Å². The summed E-state index contributed by atoms with van der Waals surface area (Å²) in [4.78, 5) is 43.1. The van der Waals surface area contributed by atoms with E-state index in [9.17, 15) is 14.4 Å². The van der Waals surface area contributed by atoms with Crippen LogP contribution in [0.3, 0.4) is 0 Å². The largest absolute Gasteiger partial charge is 0.497 e. The molecule has 0 aromatic heterocycles. The number of likely N-dealkylation sites (tertiary alicyclic amines) is 1. The summed E-state index contributed by atoms with van der Waals surface area (Å²) < 4.78 is 5.19. The maximum atomic E-state index is 12.8. The lowest BCUT2D eigenvalue weighted by molar-refractivity contribution is -0.147. The zero-order chi connectivity index (χ0) is 19.7. The second-order valence-corrected chi connectivity index (χ2v) is 8.02. The number of nitrogens with zero attached hydrogens (tertiary/aromatic N) is 3. The van der Waals surface area contributed by atoms with Crippen molar-refractivity contribution in [1.29, 1.82) is 0 Å². The summed E-state index contributed by atoms with van der Waals surface area (Å²) in [6, 6.07) is 7.88. The van der Waals surface area contributed by atoms with E-state index in [1.165, 1.54) is 4.90 Å². The lowest BCUT2D eigenvalue weighted by atomic mass is 9.84. The number of imide groups is 1. The van der Waals surface area contributed by atoms with Gasteiger partial charge in [0.15, 0.2) is 0 Å². The summed E-state index contributed by atoms with van der Waals surface area (Å²) in [7, 11) is 1.64. The average molecular weight is 385 g/mol. The fraction of sp³-hybridized carbons (Fsp3) is 0.571. The summed E-state index contributed by atoms with van der Waals surface area (Å²) in [5, 5.41) is 0. The molecule has 1 aliphatic carbocycles. The summed E-state index contributed by atoms with van der Waals surface area (Å²) >= 11 is 0. The predicted octanol–water partition coefficient (Wildman–Crippen LogP) is 1.66. The fourth-order valence-corrected chi connectivity index (χ4v) is 4.70. The SMILES string of the molecule is COc1ccc(N2CCN(C(=O)CN3C(=O)CC4(CCCC4)C3=O)CC2)cc1. The molecule has 0 radical (unpaired) electrons. The predicted molar refractivity (Wildman–Crippen MR) is 104 cm³/mol. The van der Waals surface area contributed by atoms with Gasteiger partial charge in [0.2, 0.25) is 17.7 Å². The number of rotatable bonds is 4. The number of methoxy groups -OCH3 is 1. The molecule has 1 spiro atoms. The summed E-state index contributed by atoms with van der Waals surface area (Å²) in [5.74, 6) is 0.376. The number of ether oxygens (including phenoxy) is 1. The Morgan fingerprint density at radius 2 is 1.68 bits per heavy atom. The Morgan fingerprint density at radius 3 is 2.29 bits per heavy atom. The minimum absolute atomic E-state index is 0.109. The van der Waals surface area contributed by atoms with Gasteiger partial charge in [-0.25, -0.2) is 0 Å². The average Bonchev–Trinajstić information content (AvgIpc) is 3.29. The number of hydrogen-bond donors (Lipinski definition) is 0. The minimum atomic E-state index is -0.509. The van der Waals surface area contributed by atoms with Crippen LogP contribution in [-0.2, 0) is 14.4 Å². The van der Waals surface area contributed by atoms with E-state index in [4.69, 9.17) is 4.74 Å². The molecule has 3 fully saturated rings. The highest BCUT2D eigenvalue weighted by Crippen LogP contribution is 2.46. The third-order valence-electron chi connectivity index (χ3n) is 6.41. The number of amides is 3. The summed E-state index contributed by atoms with van der Waals surface area (Å²) in [5.41, 5.74) is 0.589. The molecule has 4 rings (SSSR count). The van der Waals surface area contributed by atoms with Crippen molar-refractivity contribution in [2.45, 2.75) is 32.1 Å². The van der Waals surface area contributed by atoms with Crippen LogP contribution in [0.4, 0.5) is 5.69 Å². The molecule has 1 aromatic carbocycles. The van der Waals surface area contributed by atoms with E-state index < -0.39 is 5.41 Å². The number of anilines is 1. The van der Waals surface area contributed by atoms with Gasteiger partial charge in [0.05, 0.1) is 12.5 Å². The Bertz CT molecular complexity index is 762. The lowest BCUT2D eigenvalue weighted by Crippen LogP contribution is -2.52. The first-order valence-corrected chi connectivity index (χ1v) is 10.0. The molecule has 0 bridgehead atoms. The van der Waals surface area contributed by atoms with Gasteiger partial charge in [-0.2, -0.15) is 0 Å². The van der Waals surface area contributed by atoms with Gasteiger partial charge >= 0.3 is 0 Å². The molecule has 3 amide bonds. The molecule has 7 nitrogen and oxygen atoms in total. The van der Waals surface area contributed by atoms with Gasteiger partial charge in [0.1, 0.15) is 12.3 Å². The number of carbonyl (C=O) groups is 3. The van der Waals surface area contributed by atoms with Crippen LogP contribution in [-0.4, -0.2) is 67.4 Å². The van der Waals surface area contributed by atoms with Crippen molar-refractivity contribution in [3.05, 3.63) is 24.3 Å². The zero-order valence-corrected chi connectivity index (χ0v) is 16.4. The third-order valence-corrected chi connectivity index (χ3v) is 6.41. The molecule has 7 heteroatoms. The molecule has 0 atom stereocenters. The van der Waals surface area contributed by atoms with Crippen molar-refractivity contribution < 1.29 is 19.1 Å². The molecule has 1 saturated carbocycles. The van der Waals surface area contributed by atoms with Crippen molar-refractivity contribution in [3.8, 4) is 5.75 Å². The highest BCUT2D eigenvalue weighted by molar-refractivity contribution is 6.08. The quantitative estimate of drug-likeness (QED) is 0.738. The van der Waals surface area contributed by atoms with Crippen molar-refractivity contribution in [3.63, 3.8) is 0 Å². The molecule has 2 aliphatic heterocycles. The van der Waals surface area contributed by atoms with E-state index in [-0.39, 0.29) is 30.7 Å². The molecule has 150 valence electrons. The third kappa shape index (κ3) is 3.34. The van der Waals surface area contributed by atoms with Crippen molar-refractivity contribution in [2.75, 3.05) is 44.7 Å². The maximum absolute atomic E-state index is 12.8. The highest BCUT2D eigenvalue weighted by Gasteiger charge is 2.53. The highest BCUT2D eigenvalue weighted by atomic mass is 16.5. The first-order valence-electron chi connectivity index (χ1n) is 10.0. The Kier molecular flexibility index (Phi) is 5.00. The standard InChI is InChI=1S/C21H27N3O4/c1-28-17-6-4-16(5-7-17)22-10-12-23(13-11-22)19(26)15-24-18(25)14-21(20(24)27)8-2-3-9-21/h4-7H,2-3,8-15H2,1H3. The second-order valence-electron chi connectivity index (χ2n) is 8.02. The van der Waals surface area contributed by atoms with Crippen LogP contribution in [0.2, 0.25) is 0 Å². The number of piperazine rings is 1. The van der Waals surface area contributed by atoms with Crippen LogP contribution < -0.4 is 9.64 Å². The van der Waals surface area contributed by atoms with E-state index in [0.717, 1.165) is 50.2 Å². The van der Waals surface area contributed by atoms with Crippen molar-refractivity contribution >= 4 is 23.4 Å². The second kappa shape index (κ2) is 7.45. The first-order chi connectivity index (χ1) is 13.5. The van der Waals surface area contributed by atoms with E-state index in [2.05, 4.69) is 4.90 Å². The molecule has 1 aromatic rings. The molecule has 0 unspecified atom stereocenters. The van der Waals surface area contributed by atoms with Gasteiger partial charge in [0.25, 0.3) is 0 Å². The zero-order valence-electron chi connectivity index (χ0n) is 16.4. The van der Waals surface area contributed by atoms with Gasteiger partial charge in [0, 0.05) is 38.3 Å². The Hall–Kier alpha value is -2.57. The summed E-state index contributed by atoms with van der Waals surface area (Å²) in [6.45, 7) is 2.52. The monoisotopic (exact) mass is 385 g/mol. The van der Waals surface area contributed by atoms with Gasteiger partial charge in [-0.3, -0.25) is 19.3 Å². The van der Waals surface area contributed by atoms with E-state index in [1.54, 1.807) is 12.0 Å². The molecule has 0 N–H and O–H groups in total. The van der Waals surface area contributed by atoms with Crippen LogP contribution in [0, 0.1) is 5.41 Å². The first kappa shape index (κ1) is 18.8. The van der Waals surface area contributed by atoms with Crippen LogP contribution in [0.1, 0.15) is 32.1 Å². The fourth-order valence-electron chi connectivity index (χ4n) is 4.70.